The van der Waals surface area contributed by atoms with Crippen molar-refractivity contribution in [2.45, 2.75) is 0 Å². The van der Waals surface area contributed by atoms with E-state index in [2.05, 4.69) is 4.98 Å². The van der Waals surface area contributed by atoms with E-state index in [1.54, 1.807) is 32.4 Å². The van der Waals surface area contributed by atoms with Crippen molar-refractivity contribution in [1.29, 1.82) is 0 Å². The first-order valence-electron chi connectivity index (χ1n) is 3.52. The molecule has 0 atom stereocenters. The largest absolute Gasteiger partial charge is 0.352 e. The number of aromatic nitrogens is 1. The predicted molar refractivity (Wildman–Crippen MR) is 55.4 cm³/mol. The number of nitrogens with one attached hydrogen (secondary N) is 1. The Labute approximate surface area is 104 Å². The van der Waals surface area contributed by atoms with Crippen LogP contribution in [0.1, 0.15) is 10.4 Å². The van der Waals surface area contributed by atoms with Gasteiger partial charge in [-0.25, -0.2) is 0 Å². The second kappa shape index (κ2) is 5.54. The second-order valence-electron chi connectivity index (χ2n) is 2.61. The van der Waals surface area contributed by atoms with Gasteiger partial charge in [-0.3, -0.25) is 4.79 Å². The molecule has 1 rings (SSSR count). The molecule has 0 fully saturated rings. The number of amides is 1. The summed E-state index contributed by atoms with van der Waals surface area (Å²) in [4.78, 5) is 15.7. The third kappa shape index (κ3) is 3.23. The van der Waals surface area contributed by atoms with Gasteiger partial charge in [0.05, 0.1) is 5.56 Å². The van der Waals surface area contributed by atoms with Crippen molar-refractivity contribution < 1.29 is 4.79 Å². The SMILES string of the molecule is CN(C)C(=O)c1ccc[nH]c1=S.[Na]. The molecular weight excluding hydrogens is 195 g/mol. The minimum atomic E-state index is -0.0724. The normalized spacial score (nSPS) is 8.77. The number of hydrogen-bond donors (Lipinski definition) is 1. The van der Waals surface area contributed by atoms with Crippen LogP contribution in [0.15, 0.2) is 18.3 Å². The molecular formula is C8H10N2NaOS. The Morgan fingerprint density at radius 2 is 2.15 bits per heavy atom. The van der Waals surface area contributed by atoms with Crippen LogP contribution in [0.25, 0.3) is 0 Å². The minimum Gasteiger partial charge on any atom is -0.352 e. The van der Waals surface area contributed by atoms with Crippen molar-refractivity contribution in [2.24, 2.45) is 0 Å². The zero-order chi connectivity index (χ0) is 9.14. The van der Waals surface area contributed by atoms with E-state index in [0.29, 0.717) is 10.2 Å². The summed E-state index contributed by atoms with van der Waals surface area (Å²) in [7, 11) is 3.40. The van der Waals surface area contributed by atoms with Gasteiger partial charge in [-0.05, 0) is 12.1 Å². The molecule has 0 aliphatic carbocycles. The molecule has 65 valence electrons. The molecule has 0 spiro atoms. The molecule has 0 saturated heterocycles. The molecule has 0 aromatic carbocycles. The topological polar surface area (TPSA) is 36.1 Å². The van der Waals surface area contributed by atoms with Crippen LogP contribution in [0.4, 0.5) is 0 Å². The van der Waals surface area contributed by atoms with Gasteiger partial charge in [-0.15, -0.1) is 0 Å². The average Bonchev–Trinajstić information content (AvgIpc) is 2.04. The van der Waals surface area contributed by atoms with E-state index in [9.17, 15) is 4.79 Å². The summed E-state index contributed by atoms with van der Waals surface area (Å²) in [6, 6.07) is 3.47. The Morgan fingerprint density at radius 3 is 2.62 bits per heavy atom. The minimum absolute atomic E-state index is 0. The average molecular weight is 205 g/mol. The van der Waals surface area contributed by atoms with Crippen LogP contribution in [0.3, 0.4) is 0 Å². The summed E-state index contributed by atoms with van der Waals surface area (Å²) >= 11 is 4.94. The smallest absolute Gasteiger partial charge is 0.256 e. The number of hydrogen-bond acceptors (Lipinski definition) is 2. The van der Waals surface area contributed by atoms with Gasteiger partial charge in [0.25, 0.3) is 5.91 Å². The van der Waals surface area contributed by atoms with Crippen molar-refractivity contribution in [1.82, 2.24) is 9.88 Å². The summed E-state index contributed by atoms with van der Waals surface area (Å²) in [5.41, 5.74) is 0.539. The van der Waals surface area contributed by atoms with Gasteiger partial charge in [0.15, 0.2) is 0 Å². The standard InChI is InChI=1S/C8H10N2OS.Na/c1-10(2)8(11)6-4-3-5-9-7(6)12;/h3-5H,1-2H3,(H,9,12);. The van der Waals surface area contributed by atoms with Crippen LogP contribution in [0.5, 0.6) is 0 Å². The van der Waals surface area contributed by atoms with Crippen molar-refractivity contribution in [2.75, 3.05) is 14.1 Å². The van der Waals surface area contributed by atoms with Crippen LogP contribution in [-0.2, 0) is 0 Å². The van der Waals surface area contributed by atoms with E-state index in [1.807, 2.05) is 0 Å². The van der Waals surface area contributed by atoms with Gasteiger partial charge in [0.1, 0.15) is 4.64 Å². The monoisotopic (exact) mass is 205 g/mol. The molecule has 3 nitrogen and oxygen atoms in total. The second-order valence-corrected chi connectivity index (χ2v) is 3.02. The molecule has 13 heavy (non-hydrogen) atoms. The fourth-order valence-corrected chi connectivity index (χ4v) is 1.05. The van der Waals surface area contributed by atoms with E-state index >= 15 is 0 Å². The van der Waals surface area contributed by atoms with Crippen LogP contribution in [0.2, 0.25) is 0 Å². The number of nitrogens with zero attached hydrogens (tertiary/aromatic N) is 1. The Balaban J connectivity index is 0.00000144. The molecule has 5 heteroatoms. The Hall–Kier alpha value is -0.160. The summed E-state index contributed by atoms with van der Waals surface area (Å²) in [5, 5.41) is 0. The summed E-state index contributed by atoms with van der Waals surface area (Å²) < 4.78 is 0.483. The molecule has 1 heterocycles. The third-order valence-electron chi connectivity index (χ3n) is 1.45. The van der Waals surface area contributed by atoms with Crippen molar-refractivity contribution in [3.8, 4) is 0 Å². The zero-order valence-corrected chi connectivity index (χ0v) is 10.8. The Kier molecular flexibility index (Phi) is 5.48. The molecule has 0 aliphatic rings. The first kappa shape index (κ1) is 12.8. The molecule has 1 N–H and O–H groups in total. The maximum atomic E-state index is 11.4. The number of rotatable bonds is 1. The maximum Gasteiger partial charge on any atom is 0.256 e. The van der Waals surface area contributed by atoms with E-state index in [1.165, 1.54) is 4.90 Å². The number of carbonyl (C=O) groups excluding carboxylic acids is 1. The summed E-state index contributed by atoms with van der Waals surface area (Å²) in [6.45, 7) is 0. The van der Waals surface area contributed by atoms with Gasteiger partial charge in [-0.1, -0.05) is 12.2 Å². The number of aromatic amines is 1. The van der Waals surface area contributed by atoms with Gasteiger partial charge in [-0.2, -0.15) is 0 Å². The molecule has 1 aromatic rings. The maximum absolute atomic E-state index is 11.4. The van der Waals surface area contributed by atoms with Gasteiger partial charge in [0.2, 0.25) is 0 Å². The van der Waals surface area contributed by atoms with Crippen LogP contribution in [-0.4, -0.2) is 59.4 Å². The first-order chi connectivity index (χ1) is 5.63. The van der Waals surface area contributed by atoms with Gasteiger partial charge < -0.3 is 9.88 Å². The van der Waals surface area contributed by atoms with E-state index < -0.39 is 0 Å². The van der Waals surface area contributed by atoms with Crippen LogP contribution < -0.4 is 0 Å². The first-order valence-corrected chi connectivity index (χ1v) is 3.93. The van der Waals surface area contributed by atoms with Gasteiger partial charge >= 0.3 is 0 Å². The summed E-state index contributed by atoms with van der Waals surface area (Å²) in [6.07, 6.45) is 1.70. The molecule has 0 bridgehead atoms. The quantitative estimate of drug-likeness (QED) is 0.550. The van der Waals surface area contributed by atoms with Crippen molar-refractivity contribution in [3.05, 3.63) is 28.5 Å². The molecule has 0 saturated carbocycles. The summed E-state index contributed by atoms with van der Waals surface area (Å²) in [5.74, 6) is -0.0724. The third-order valence-corrected chi connectivity index (χ3v) is 1.79. The molecule has 1 aromatic heterocycles. The Bertz CT molecular complexity index is 348. The van der Waals surface area contributed by atoms with E-state index in [4.69, 9.17) is 12.2 Å². The molecule has 0 aliphatic heterocycles. The fraction of sp³-hybridized carbons (Fsp3) is 0.250. The molecule has 0 unspecified atom stereocenters. The van der Waals surface area contributed by atoms with E-state index in [-0.39, 0.29) is 35.5 Å². The van der Waals surface area contributed by atoms with Gasteiger partial charge in [0, 0.05) is 49.8 Å². The predicted octanol–water partition coefficient (Wildman–Crippen LogP) is 1.07. The zero-order valence-electron chi connectivity index (χ0n) is 8.00. The number of H-pyrrole nitrogens is 1. The van der Waals surface area contributed by atoms with Crippen LogP contribution >= 0.6 is 12.2 Å². The van der Waals surface area contributed by atoms with Crippen LogP contribution in [0, 0.1) is 4.64 Å². The fourth-order valence-electron chi connectivity index (χ4n) is 0.831. The molecule has 1 amide bonds. The Morgan fingerprint density at radius 1 is 1.54 bits per heavy atom. The van der Waals surface area contributed by atoms with E-state index in [0.717, 1.165) is 0 Å². The number of carbonyl (C=O) groups is 1. The molecule has 1 radical (unpaired) electrons. The van der Waals surface area contributed by atoms with Crippen molar-refractivity contribution in [3.63, 3.8) is 0 Å². The van der Waals surface area contributed by atoms with Crippen molar-refractivity contribution >= 4 is 47.7 Å². The number of pyridine rings is 1.